The third-order valence-electron chi connectivity index (χ3n) is 4.22. The van der Waals surface area contributed by atoms with E-state index in [9.17, 15) is 8.42 Å². The Kier molecular flexibility index (Phi) is 6.10. The van der Waals surface area contributed by atoms with Crippen LogP contribution in [0.15, 0.2) is 22.4 Å². The Morgan fingerprint density at radius 2 is 1.96 bits per heavy atom. The van der Waals surface area contributed by atoms with Gasteiger partial charge in [-0.05, 0) is 38.3 Å². The normalized spacial score (nSPS) is 14.8. The van der Waals surface area contributed by atoms with Gasteiger partial charge in [0.1, 0.15) is 10.0 Å². The maximum atomic E-state index is 12.3. The van der Waals surface area contributed by atoms with E-state index in [2.05, 4.69) is 24.9 Å². The molecule has 2 aromatic heterocycles. The number of aryl methyl sites for hydroxylation is 2. The van der Waals surface area contributed by atoms with E-state index in [-0.39, 0.29) is 6.54 Å². The van der Waals surface area contributed by atoms with Gasteiger partial charge in [-0.25, -0.2) is 18.1 Å². The first-order valence-corrected chi connectivity index (χ1v) is 11.2. The van der Waals surface area contributed by atoms with Crippen molar-refractivity contribution in [2.24, 2.45) is 0 Å². The highest BCUT2D eigenvalue weighted by molar-refractivity contribution is 7.91. The average Bonchev–Trinajstić information content (AvgIpc) is 3.29. The molecule has 0 radical (unpaired) electrons. The van der Waals surface area contributed by atoms with Gasteiger partial charge >= 0.3 is 0 Å². The number of hydrogen-bond acceptors (Lipinski definition) is 7. The predicted octanol–water partition coefficient (Wildman–Crippen LogP) is 2.40. The van der Waals surface area contributed by atoms with Crippen molar-refractivity contribution in [1.29, 1.82) is 0 Å². The fourth-order valence-corrected chi connectivity index (χ4v) is 5.23. The molecular formula is C17H25N5O2S2. The van der Waals surface area contributed by atoms with Crippen LogP contribution < -0.4 is 14.9 Å². The summed E-state index contributed by atoms with van der Waals surface area (Å²) in [5, 5.41) is 3.12. The summed E-state index contributed by atoms with van der Waals surface area (Å²) >= 11 is 1.31. The number of nitrogens with one attached hydrogen (secondary N) is 2. The average molecular weight is 396 g/mol. The Labute approximate surface area is 158 Å². The Hall–Kier alpha value is -1.71. The highest BCUT2D eigenvalue weighted by Crippen LogP contribution is 2.22. The summed E-state index contributed by atoms with van der Waals surface area (Å²) in [7, 11) is -3.45. The molecule has 0 bridgehead atoms. The van der Waals surface area contributed by atoms with E-state index < -0.39 is 10.0 Å². The molecule has 3 rings (SSSR count). The van der Waals surface area contributed by atoms with Crippen molar-refractivity contribution in [3.05, 3.63) is 28.8 Å². The number of thiophene rings is 1. The van der Waals surface area contributed by atoms with Gasteiger partial charge in [0.15, 0.2) is 0 Å². The van der Waals surface area contributed by atoms with Crippen LogP contribution in [0.4, 0.5) is 11.8 Å². The topological polar surface area (TPSA) is 87.2 Å². The van der Waals surface area contributed by atoms with Crippen LogP contribution in [-0.2, 0) is 16.4 Å². The Bertz CT molecular complexity index is 845. The van der Waals surface area contributed by atoms with E-state index in [1.807, 2.05) is 26.0 Å². The van der Waals surface area contributed by atoms with Crippen LogP contribution in [0.1, 0.15) is 30.3 Å². The van der Waals surface area contributed by atoms with E-state index in [0.717, 1.165) is 35.9 Å². The molecule has 0 atom stereocenters. The number of rotatable bonds is 8. The Balaban J connectivity index is 1.54. The van der Waals surface area contributed by atoms with Crippen molar-refractivity contribution in [2.45, 2.75) is 37.3 Å². The van der Waals surface area contributed by atoms with Crippen molar-refractivity contribution >= 4 is 33.1 Å². The van der Waals surface area contributed by atoms with Crippen LogP contribution in [0.2, 0.25) is 0 Å². The third kappa shape index (κ3) is 4.72. The second-order valence-corrected chi connectivity index (χ2v) is 9.45. The van der Waals surface area contributed by atoms with Crippen LogP contribution in [0.25, 0.3) is 0 Å². The van der Waals surface area contributed by atoms with Gasteiger partial charge in [0.05, 0.1) is 0 Å². The number of anilines is 2. The van der Waals surface area contributed by atoms with Gasteiger partial charge in [0, 0.05) is 42.8 Å². The molecule has 2 N–H and O–H groups in total. The van der Waals surface area contributed by atoms with E-state index >= 15 is 0 Å². The van der Waals surface area contributed by atoms with E-state index in [0.29, 0.717) is 16.7 Å². The van der Waals surface area contributed by atoms with Crippen molar-refractivity contribution in [3.8, 4) is 0 Å². The molecular weight excluding hydrogens is 370 g/mol. The molecule has 7 nitrogen and oxygen atoms in total. The molecule has 0 amide bonds. The zero-order valence-electron chi connectivity index (χ0n) is 15.2. The Morgan fingerprint density at radius 1 is 1.19 bits per heavy atom. The lowest BCUT2D eigenvalue weighted by Crippen LogP contribution is -2.29. The fraction of sp³-hybridized carbons (Fsp3) is 0.529. The molecule has 9 heteroatoms. The minimum Gasteiger partial charge on any atom is -0.356 e. The summed E-state index contributed by atoms with van der Waals surface area (Å²) in [6.07, 6.45) is 3.22. The van der Waals surface area contributed by atoms with Crippen molar-refractivity contribution in [3.63, 3.8) is 0 Å². The van der Waals surface area contributed by atoms with Gasteiger partial charge in [-0.1, -0.05) is 6.92 Å². The molecule has 1 aliphatic rings. The zero-order chi connectivity index (χ0) is 18.6. The summed E-state index contributed by atoms with van der Waals surface area (Å²) in [4.78, 5) is 12.3. The molecule has 0 aromatic carbocycles. The molecule has 2 aromatic rings. The quantitative estimate of drug-likeness (QED) is 0.668. The maximum absolute atomic E-state index is 12.3. The van der Waals surface area contributed by atoms with Crippen LogP contribution in [0.5, 0.6) is 0 Å². The summed E-state index contributed by atoms with van der Waals surface area (Å²) in [5.74, 6) is 1.47. The minimum atomic E-state index is -3.45. The van der Waals surface area contributed by atoms with Crippen molar-refractivity contribution in [2.75, 3.05) is 36.4 Å². The monoisotopic (exact) mass is 395 g/mol. The van der Waals surface area contributed by atoms with Gasteiger partial charge < -0.3 is 10.2 Å². The smallest absolute Gasteiger partial charge is 0.250 e. The van der Waals surface area contributed by atoms with Crippen molar-refractivity contribution in [1.82, 2.24) is 14.7 Å². The molecule has 0 saturated carbocycles. The molecule has 0 unspecified atom stereocenters. The van der Waals surface area contributed by atoms with Gasteiger partial charge in [0.2, 0.25) is 16.0 Å². The lowest BCUT2D eigenvalue weighted by molar-refractivity contribution is 0.585. The van der Waals surface area contributed by atoms with Gasteiger partial charge in [0.25, 0.3) is 0 Å². The second-order valence-electron chi connectivity index (χ2n) is 6.28. The first-order chi connectivity index (χ1) is 12.5. The predicted molar refractivity (Wildman–Crippen MR) is 106 cm³/mol. The number of aromatic nitrogens is 2. The summed E-state index contributed by atoms with van der Waals surface area (Å²) in [5.41, 5.74) is 0.899. The summed E-state index contributed by atoms with van der Waals surface area (Å²) < 4.78 is 27.6. The maximum Gasteiger partial charge on any atom is 0.250 e. The molecule has 1 aliphatic heterocycles. The van der Waals surface area contributed by atoms with E-state index in [1.165, 1.54) is 24.2 Å². The van der Waals surface area contributed by atoms with Crippen molar-refractivity contribution < 1.29 is 8.42 Å². The lowest BCUT2D eigenvalue weighted by atomic mass is 10.4. The zero-order valence-corrected chi connectivity index (χ0v) is 16.8. The van der Waals surface area contributed by atoms with Gasteiger partial charge in [-0.3, -0.25) is 0 Å². The van der Waals surface area contributed by atoms with Crippen LogP contribution in [0, 0.1) is 6.92 Å². The molecule has 142 valence electrons. The molecule has 1 fully saturated rings. The molecule has 0 aliphatic carbocycles. The SMILES string of the molecule is CCc1ccc(S(=O)(=O)NCCNc2nc(C)cc(N3CCCC3)n2)s1. The van der Waals surface area contributed by atoms with Gasteiger partial charge in [-0.15, -0.1) is 11.3 Å². The van der Waals surface area contributed by atoms with Crippen LogP contribution in [-0.4, -0.2) is 44.6 Å². The first kappa shape index (κ1) is 19.1. The summed E-state index contributed by atoms with van der Waals surface area (Å²) in [6, 6.07) is 5.50. The lowest BCUT2D eigenvalue weighted by Gasteiger charge is -2.17. The largest absolute Gasteiger partial charge is 0.356 e. The molecule has 0 spiro atoms. The highest BCUT2D eigenvalue weighted by atomic mass is 32.2. The minimum absolute atomic E-state index is 0.276. The van der Waals surface area contributed by atoms with E-state index in [1.54, 1.807) is 6.07 Å². The number of sulfonamides is 1. The van der Waals surface area contributed by atoms with Gasteiger partial charge in [-0.2, -0.15) is 4.98 Å². The molecule has 26 heavy (non-hydrogen) atoms. The third-order valence-corrected chi connectivity index (χ3v) is 7.40. The van der Waals surface area contributed by atoms with Crippen LogP contribution in [0.3, 0.4) is 0 Å². The number of nitrogens with zero attached hydrogens (tertiary/aromatic N) is 3. The fourth-order valence-electron chi connectivity index (χ4n) is 2.86. The number of hydrogen-bond donors (Lipinski definition) is 2. The molecule has 3 heterocycles. The first-order valence-electron chi connectivity index (χ1n) is 8.91. The standard InChI is InChI=1S/C17H25N5O2S2/c1-3-14-6-7-16(25-14)26(23,24)19-9-8-18-17-20-13(2)12-15(21-17)22-10-4-5-11-22/h6-7,12,19H,3-5,8-11H2,1-2H3,(H,18,20,21). The highest BCUT2D eigenvalue weighted by Gasteiger charge is 2.17. The van der Waals surface area contributed by atoms with Crippen LogP contribution >= 0.6 is 11.3 Å². The Morgan fingerprint density at radius 3 is 2.65 bits per heavy atom. The van der Waals surface area contributed by atoms with E-state index in [4.69, 9.17) is 0 Å². The summed E-state index contributed by atoms with van der Waals surface area (Å²) in [6.45, 7) is 6.70. The second kappa shape index (κ2) is 8.32. The molecule has 1 saturated heterocycles.